The van der Waals surface area contributed by atoms with Crippen molar-refractivity contribution in [2.24, 2.45) is 11.7 Å². The van der Waals surface area contributed by atoms with Crippen molar-refractivity contribution in [2.75, 3.05) is 20.2 Å². The van der Waals surface area contributed by atoms with Crippen LogP contribution in [-0.4, -0.2) is 31.1 Å². The van der Waals surface area contributed by atoms with Crippen molar-refractivity contribution in [1.29, 1.82) is 0 Å². The second-order valence-corrected chi connectivity index (χ2v) is 6.63. The number of benzene rings is 1. The molecule has 0 aliphatic heterocycles. The number of nitrogens with zero attached hydrogens (tertiary/aromatic N) is 1. The molecule has 0 amide bonds. The molecule has 0 heterocycles. The van der Waals surface area contributed by atoms with Gasteiger partial charge in [-0.3, -0.25) is 4.90 Å². The summed E-state index contributed by atoms with van der Waals surface area (Å²) in [5, 5.41) is 0. The SMILES string of the molecule is COc1ccccc1C(N)CN(CC(C)C)C1CCCC1. The van der Waals surface area contributed by atoms with Gasteiger partial charge in [-0.2, -0.15) is 0 Å². The van der Waals surface area contributed by atoms with Crippen molar-refractivity contribution in [2.45, 2.75) is 51.6 Å². The van der Waals surface area contributed by atoms with E-state index >= 15 is 0 Å². The number of rotatable bonds is 7. The highest BCUT2D eigenvalue weighted by molar-refractivity contribution is 5.35. The van der Waals surface area contributed by atoms with Crippen LogP contribution in [0.5, 0.6) is 5.75 Å². The van der Waals surface area contributed by atoms with Crippen molar-refractivity contribution in [3.05, 3.63) is 29.8 Å². The second kappa shape index (κ2) is 7.81. The van der Waals surface area contributed by atoms with E-state index in [-0.39, 0.29) is 6.04 Å². The molecule has 0 radical (unpaired) electrons. The summed E-state index contributed by atoms with van der Waals surface area (Å²) in [4.78, 5) is 2.61. The lowest BCUT2D eigenvalue weighted by molar-refractivity contribution is 0.166. The number of para-hydroxylation sites is 1. The van der Waals surface area contributed by atoms with E-state index in [2.05, 4.69) is 24.8 Å². The van der Waals surface area contributed by atoms with Gasteiger partial charge in [0.05, 0.1) is 7.11 Å². The molecule has 21 heavy (non-hydrogen) atoms. The van der Waals surface area contributed by atoms with Gasteiger partial charge in [-0.25, -0.2) is 0 Å². The summed E-state index contributed by atoms with van der Waals surface area (Å²) in [5.41, 5.74) is 7.61. The van der Waals surface area contributed by atoms with Crippen LogP contribution in [0.1, 0.15) is 51.1 Å². The van der Waals surface area contributed by atoms with Crippen LogP contribution in [0, 0.1) is 5.92 Å². The first-order valence-electron chi connectivity index (χ1n) is 8.24. The summed E-state index contributed by atoms with van der Waals surface area (Å²) < 4.78 is 5.46. The third-order valence-corrected chi connectivity index (χ3v) is 4.41. The standard InChI is InChI=1S/C18H30N2O/c1-14(2)12-20(15-8-4-5-9-15)13-17(19)16-10-6-7-11-18(16)21-3/h6-7,10-11,14-15,17H,4-5,8-9,12-13,19H2,1-3H3. The fourth-order valence-corrected chi connectivity index (χ4v) is 3.43. The van der Waals surface area contributed by atoms with E-state index in [1.54, 1.807) is 7.11 Å². The van der Waals surface area contributed by atoms with E-state index in [0.29, 0.717) is 12.0 Å². The minimum absolute atomic E-state index is 0.0144. The van der Waals surface area contributed by atoms with Gasteiger partial charge in [0.25, 0.3) is 0 Å². The van der Waals surface area contributed by atoms with Gasteiger partial charge in [0.2, 0.25) is 0 Å². The van der Waals surface area contributed by atoms with Crippen LogP contribution >= 0.6 is 0 Å². The molecule has 2 rings (SSSR count). The normalized spacial score (nSPS) is 17.6. The van der Waals surface area contributed by atoms with Crippen LogP contribution < -0.4 is 10.5 Å². The van der Waals surface area contributed by atoms with Crippen molar-refractivity contribution in [3.8, 4) is 5.75 Å². The van der Waals surface area contributed by atoms with Gasteiger partial charge in [0, 0.05) is 30.7 Å². The molecule has 1 atom stereocenters. The predicted molar refractivity (Wildman–Crippen MR) is 88.6 cm³/mol. The largest absolute Gasteiger partial charge is 0.496 e. The quantitative estimate of drug-likeness (QED) is 0.834. The molecule has 1 aromatic carbocycles. The highest BCUT2D eigenvalue weighted by atomic mass is 16.5. The van der Waals surface area contributed by atoms with E-state index in [0.717, 1.165) is 24.4 Å². The Labute approximate surface area is 129 Å². The molecule has 0 aromatic heterocycles. The third kappa shape index (κ3) is 4.45. The Hall–Kier alpha value is -1.06. The smallest absolute Gasteiger partial charge is 0.123 e. The fraction of sp³-hybridized carbons (Fsp3) is 0.667. The van der Waals surface area contributed by atoms with Crippen LogP contribution in [0.15, 0.2) is 24.3 Å². The molecule has 1 fully saturated rings. The zero-order valence-corrected chi connectivity index (χ0v) is 13.7. The first-order valence-corrected chi connectivity index (χ1v) is 8.24. The maximum Gasteiger partial charge on any atom is 0.123 e. The van der Waals surface area contributed by atoms with Gasteiger partial charge in [0.1, 0.15) is 5.75 Å². The summed E-state index contributed by atoms with van der Waals surface area (Å²) in [5.74, 6) is 1.58. The predicted octanol–water partition coefficient (Wildman–Crippen LogP) is 3.60. The average Bonchev–Trinajstić information content (AvgIpc) is 3.00. The summed E-state index contributed by atoms with van der Waals surface area (Å²) in [6, 6.07) is 8.86. The number of hydrogen-bond acceptors (Lipinski definition) is 3. The highest BCUT2D eigenvalue weighted by Gasteiger charge is 2.25. The van der Waals surface area contributed by atoms with Crippen molar-refractivity contribution in [1.82, 2.24) is 4.90 Å². The maximum atomic E-state index is 6.49. The van der Waals surface area contributed by atoms with E-state index in [1.165, 1.54) is 25.7 Å². The van der Waals surface area contributed by atoms with E-state index < -0.39 is 0 Å². The lowest BCUT2D eigenvalue weighted by atomic mass is 10.0. The molecule has 1 aliphatic rings. The Morgan fingerprint density at radius 1 is 1.19 bits per heavy atom. The van der Waals surface area contributed by atoms with Gasteiger partial charge < -0.3 is 10.5 Å². The van der Waals surface area contributed by atoms with Crippen molar-refractivity contribution >= 4 is 0 Å². The molecule has 1 saturated carbocycles. The lowest BCUT2D eigenvalue weighted by Gasteiger charge is -2.33. The number of ether oxygens (including phenoxy) is 1. The zero-order valence-electron chi connectivity index (χ0n) is 13.7. The molecule has 2 N–H and O–H groups in total. The highest BCUT2D eigenvalue weighted by Crippen LogP contribution is 2.28. The Bertz CT molecular complexity index is 427. The van der Waals surface area contributed by atoms with Crippen molar-refractivity contribution in [3.63, 3.8) is 0 Å². The van der Waals surface area contributed by atoms with Gasteiger partial charge in [0.15, 0.2) is 0 Å². The molecule has 1 aromatic rings. The van der Waals surface area contributed by atoms with E-state index in [1.807, 2.05) is 18.2 Å². The monoisotopic (exact) mass is 290 g/mol. The summed E-state index contributed by atoms with van der Waals surface area (Å²) in [7, 11) is 1.72. The van der Waals surface area contributed by atoms with Gasteiger partial charge >= 0.3 is 0 Å². The van der Waals surface area contributed by atoms with Gasteiger partial charge in [-0.1, -0.05) is 44.9 Å². The molecule has 3 nitrogen and oxygen atoms in total. The third-order valence-electron chi connectivity index (χ3n) is 4.41. The first kappa shape index (κ1) is 16.3. The Morgan fingerprint density at radius 2 is 1.86 bits per heavy atom. The van der Waals surface area contributed by atoms with E-state index in [9.17, 15) is 0 Å². The molecule has 0 bridgehead atoms. The van der Waals surface area contributed by atoms with Crippen LogP contribution in [-0.2, 0) is 0 Å². The summed E-state index contributed by atoms with van der Waals surface area (Å²) in [6.07, 6.45) is 5.38. The Balaban J connectivity index is 2.07. The molecule has 1 unspecified atom stereocenters. The lowest BCUT2D eigenvalue weighted by Crippen LogP contribution is -2.41. The molecule has 3 heteroatoms. The first-order chi connectivity index (χ1) is 10.1. The minimum atomic E-state index is 0.0144. The molecule has 0 spiro atoms. The van der Waals surface area contributed by atoms with E-state index in [4.69, 9.17) is 10.5 Å². The van der Waals surface area contributed by atoms with Gasteiger partial charge in [-0.05, 0) is 24.8 Å². The fourth-order valence-electron chi connectivity index (χ4n) is 3.43. The number of methoxy groups -OCH3 is 1. The zero-order chi connectivity index (χ0) is 15.2. The molecular formula is C18H30N2O. The maximum absolute atomic E-state index is 6.49. The molecule has 118 valence electrons. The molecule has 0 saturated heterocycles. The number of hydrogen-bond donors (Lipinski definition) is 1. The Morgan fingerprint density at radius 3 is 2.48 bits per heavy atom. The summed E-state index contributed by atoms with van der Waals surface area (Å²) in [6.45, 7) is 6.63. The molecular weight excluding hydrogens is 260 g/mol. The van der Waals surface area contributed by atoms with Crippen molar-refractivity contribution < 1.29 is 4.74 Å². The van der Waals surface area contributed by atoms with Crippen LogP contribution in [0.25, 0.3) is 0 Å². The van der Waals surface area contributed by atoms with Crippen LogP contribution in [0.3, 0.4) is 0 Å². The topological polar surface area (TPSA) is 38.5 Å². The molecule has 1 aliphatic carbocycles. The minimum Gasteiger partial charge on any atom is -0.496 e. The number of nitrogens with two attached hydrogens (primary N) is 1. The Kier molecular flexibility index (Phi) is 6.07. The average molecular weight is 290 g/mol. The van der Waals surface area contributed by atoms with Gasteiger partial charge in [-0.15, -0.1) is 0 Å². The van der Waals surface area contributed by atoms with Crippen LogP contribution in [0.4, 0.5) is 0 Å². The van der Waals surface area contributed by atoms with Crippen LogP contribution in [0.2, 0.25) is 0 Å². The summed E-state index contributed by atoms with van der Waals surface area (Å²) >= 11 is 0. The second-order valence-electron chi connectivity index (χ2n) is 6.63.